The molecule has 31 heavy (non-hydrogen) atoms. The fourth-order valence-electron chi connectivity index (χ4n) is 3.88. The van der Waals surface area contributed by atoms with Gasteiger partial charge in [-0.25, -0.2) is 0 Å². The summed E-state index contributed by atoms with van der Waals surface area (Å²) in [5, 5.41) is 5.64. The molecule has 6 rings (SSSR count). The fraction of sp³-hybridized carbons (Fsp3) is 0. The number of benzene rings is 4. The van der Waals surface area contributed by atoms with Crippen molar-refractivity contribution >= 4 is 66.4 Å². The third-order valence-corrected chi connectivity index (χ3v) is 5.28. The largest absolute Gasteiger partial charge is 2.00 e. The Hall–Kier alpha value is -3.41. The van der Waals surface area contributed by atoms with E-state index < -0.39 is 0 Å². The number of aromatic nitrogens is 2. The standard InChI is InChI=1S/2C13H9NO.Mg.2H/c2*15-11-5-1-3-9-6-7-10-4-2-8-14-13(10)12(9)11;;;/h2*1-8,14H;;;/q;;+2;2*-1. The SMILES string of the molecule is O=c1cccc2ccc3ccc[nH]c3c12.O=c1cccc2ccc3ccc[nH]c3c12.[H-].[H-].[Mg+2]. The van der Waals surface area contributed by atoms with Crippen LogP contribution in [0, 0.1) is 0 Å². The molecule has 0 unspecified atom stereocenters. The van der Waals surface area contributed by atoms with E-state index in [1.165, 1.54) is 0 Å². The van der Waals surface area contributed by atoms with Crippen LogP contribution in [0.4, 0.5) is 0 Å². The zero-order valence-corrected chi connectivity index (χ0v) is 18.2. The molecule has 148 valence electrons. The monoisotopic (exact) mass is 416 g/mol. The topological polar surface area (TPSA) is 65.7 Å². The van der Waals surface area contributed by atoms with Crippen molar-refractivity contribution in [2.24, 2.45) is 0 Å². The number of hydrogen-bond donors (Lipinski definition) is 2. The predicted octanol–water partition coefficient (Wildman–Crippen LogP) is 5.21. The van der Waals surface area contributed by atoms with Crippen LogP contribution >= 0.6 is 0 Å². The van der Waals surface area contributed by atoms with E-state index in [9.17, 15) is 9.59 Å². The summed E-state index contributed by atoms with van der Waals surface area (Å²) in [6.45, 7) is 0. The molecule has 0 aliphatic heterocycles. The number of hydrogen-bond acceptors (Lipinski definition) is 2. The third kappa shape index (κ3) is 3.85. The van der Waals surface area contributed by atoms with Crippen molar-refractivity contribution < 1.29 is 2.85 Å². The smallest absolute Gasteiger partial charge is 1.00 e. The minimum atomic E-state index is 0. The Labute approximate surface area is 196 Å². The van der Waals surface area contributed by atoms with E-state index in [4.69, 9.17) is 0 Å². The molecule has 5 heteroatoms. The minimum Gasteiger partial charge on any atom is -1.00 e. The van der Waals surface area contributed by atoms with Gasteiger partial charge in [-0.1, -0.05) is 60.7 Å². The average Bonchev–Trinajstić information content (AvgIpc) is 2.79. The number of H-pyrrole nitrogens is 2. The molecule has 0 aliphatic rings. The van der Waals surface area contributed by atoms with Crippen molar-refractivity contribution in [3.05, 3.63) is 118 Å². The molecule has 2 aromatic heterocycles. The van der Waals surface area contributed by atoms with E-state index >= 15 is 0 Å². The minimum absolute atomic E-state index is 0. The van der Waals surface area contributed by atoms with Gasteiger partial charge in [0.2, 0.25) is 0 Å². The Morgan fingerprint density at radius 1 is 0.484 bits per heavy atom. The van der Waals surface area contributed by atoms with Crippen molar-refractivity contribution in [1.29, 1.82) is 0 Å². The quantitative estimate of drug-likeness (QED) is 0.264. The van der Waals surface area contributed by atoms with Crippen LogP contribution in [0.5, 0.6) is 0 Å². The van der Waals surface area contributed by atoms with Gasteiger partial charge in [-0.15, -0.1) is 0 Å². The van der Waals surface area contributed by atoms with Crippen molar-refractivity contribution in [3.63, 3.8) is 0 Å². The summed E-state index contributed by atoms with van der Waals surface area (Å²) in [7, 11) is 0. The van der Waals surface area contributed by atoms with Gasteiger partial charge in [0.05, 0.1) is 21.8 Å². The van der Waals surface area contributed by atoms with Gasteiger partial charge < -0.3 is 12.8 Å². The van der Waals surface area contributed by atoms with Crippen LogP contribution in [0.2, 0.25) is 0 Å². The number of aromatic amines is 2. The summed E-state index contributed by atoms with van der Waals surface area (Å²) in [5.74, 6) is 0. The zero-order chi connectivity index (χ0) is 20.5. The molecule has 0 radical (unpaired) electrons. The van der Waals surface area contributed by atoms with Crippen LogP contribution in [-0.2, 0) is 0 Å². The Morgan fingerprint density at radius 3 is 1.32 bits per heavy atom. The molecule has 0 amide bonds. The van der Waals surface area contributed by atoms with E-state index in [-0.39, 0.29) is 36.8 Å². The first kappa shape index (κ1) is 20.8. The van der Waals surface area contributed by atoms with Crippen LogP contribution in [0.1, 0.15) is 2.85 Å². The zero-order valence-electron chi connectivity index (χ0n) is 18.8. The molecule has 0 saturated carbocycles. The molecular formula is C26H20MgN2O2. The summed E-state index contributed by atoms with van der Waals surface area (Å²) in [6, 6.07) is 26.6. The molecule has 2 heterocycles. The third-order valence-electron chi connectivity index (χ3n) is 5.28. The molecule has 0 aliphatic carbocycles. The second-order valence-electron chi connectivity index (χ2n) is 7.11. The molecule has 4 nitrogen and oxygen atoms in total. The van der Waals surface area contributed by atoms with Crippen LogP contribution in [0.15, 0.2) is 107 Å². The summed E-state index contributed by atoms with van der Waals surface area (Å²) in [4.78, 5) is 29.8. The number of nitrogens with one attached hydrogen (secondary N) is 2. The maximum Gasteiger partial charge on any atom is 2.00 e. The maximum absolute atomic E-state index is 11.8. The van der Waals surface area contributed by atoms with Gasteiger partial charge in [0, 0.05) is 12.4 Å². The Morgan fingerprint density at radius 2 is 0.871 bits per heavy atom. The maximum atomic E-state index is 11.8. The van der Waals surface area contributed by atoms with Gasteiger partial charge in [0.25, 0.3) is 0 Å². The first-order valence-corrected chi connectivity index (χ1v) is 9.71. The molecule has 0 fully saturated rings. The Bertz CT molecular complexity index is 1540. The van der Waals surface area contributed by atoms with E-state index in [0.29, 0.717) is 0 Å². The van der Waals surface area contributed by atoms with Crippen molar-refractivity contribution in [2.75, 3.05) is 0 Å². The second kappa shape index (κ2) is 8.76. The van der Waals surface area contributed by atoms with E-state index in [0.717, 1.165) is 43.4 Å². The molecular weight excluding hydrogens is 397 g/mol. The Kier molecular flexibility index (Phi) is 5.89. The van der Waals surface area contributed by atoms with Crippen LogP contribution in [-0.4, -0.2) is 33.0 Å². The van der Waals surface area contributed by atoms with Gasteiger partial charge in [-0.05, 0) is 45.8 Å². The number of rotatable bonds is 0. The van der Waals surface area contributed by atoms with Gasteiger partial charge in [-0.2, -0.15) is 0 Å². The van der Waals surface area contributed by atoms with Crippen molar-refractivity contribution in [3.8, 4) is 0 Å². The van der Waals surface area contributed by atoms with E-state index in [1.807, 2.05) is 73.1 Å². The molecule has 0 bridgehead atoms. The summed E-state index contributed by atoms with van der Waals surface area (Å²) >= 11 is 0. The summed E-state index contributed by atoms with van der Waals surface area (Å²) in [5.41, 5.74) is 1.97. The second-order valence-corrected chi connectivity index (χ2v) is 7.11. The van der Waals surface area contributed by atoms with Gasteiger partial charge in [-0.3, -0.25) is 9.59 Å². The molecule has 6 aromatic rings. The predicted molar refractivity (Wildman–Crippen MR) is 132 cm³/mol. The van der Waals surface area contributed by atoms with Crippen molar-refractivity contribution in [2.45, 2.75) is 0 Å². The normalized spacial score (nSPS) is 10.6. The number of fused-ring (bicyclic) bond motifs is 6. The van der Waals surface area contributed by atoms with Crippen LogP contribution in [0.25, 0.3) is 43.4 Å². The first-order valence-electron chi connectivity index (χ1n) is 9.71. The van der Waals surface area contributed by atoms with Gasteiger partial charge >= 0.3 is 23.1 Å². The summed E-state index contributed by atoms with van der Waals surface area (Å²) in [6.07, 6.45) is 3.68. The summed E-state index contributed by atoms with van der Waals surface area (Å²) < 4.78 is 0. The van der Waals surface area contributed by atoms with Gasteiger partial charge in [0.1, 0.15) is 0 Å². The molecule has 2 N–H and O–H groups in total. The molecule has 0 spiro atoms. The number of pyridine rings is 2. The molecule has 0 atom stereocenters. The van der Waals surface area contributed by atoms with Crippen LogP contribution < -0.4 is 10.9 Å². The first-order chi connectivity index (χ1) is 14.7. The van der Waals surface area contributed by atoms with E-state index in [2.05, 4.69) is 9.97 Å². The fourth-order valence-corrected chi connectivity index (χ4v) is 3.88. The Balaban J connectivity index is 0.000000214. The molecule has 0 saturated heterocycles. The van der Waals surface area contributed by atoms with E-state index in [1.54, 1.807) is 24.3 Å². The van der Waals surface area contributed by atoms with Crippen LogP contribution in [0.3, 0.4) is 0 Å². The van der Waals surface area contributed by atoms with Gasteiger partial charge in [0.15, 0.2) is 10.9 Å². The molecule has 4 aromatic carbocycles. The average molecular weight is 417 g/mol. The van der Waals surface area contributed by atoms with Crippen molar-refractivity contribution in [1.82, 2.24) is 9.97 Å².